The molecule has 0 N–H and O–H groups in total. The molecule has 0 aliphatic heterocycles. The minimum absolute atomic E-state index is 0.774. The van der Waals surface area contributed by atoms with Gasteiger partial charge in [-0.1, -0.05) is 28.1 Å². The molecule has 0 saturated heterocycles. The highest BCUT2D eigenvalue weighted by atomic mass is 127. The van der Waals surface area contributed by atoms with Crippen molar-refractivity contribution in [2.24, 2.45) is 5.92 Å². The Morgan fingerprint density at radius 3 is 2.50 bits per heavy atom. The van der Waals surface area contributed by atoms with Gasteiger partial charge in [0.15, 0.2) is 0 Å². The van der Waals surface area contributed by atoms with E-state index in [1.54, 1.807) is 0 Å². The summed E-state index contributed by atoms with van der Waals surface area (Å²) in [6, 6.07) is 8.94. The molecule has 1 fully saturated rings. The van der Waals surface area contributed by atoms with E-state index >= 15 is 0 Å². The predicted molar refractivity (Wildman–Crippen MR) is 72.9 cm³/mol. The lowest BCUT2D eigenvalue weighted by Gasteiger charge is -2.08. The fourth-order valence-corrected chi connectivity index (χ4v) is 3.31. The lowest BCUT2D eigenvalue weighted by molar-refractivity contribution is 0.548. The zero-order valence-electron chi connectivity index (χ0n) is 8.05. The molecule has 1 aromatic carbocycles. The second kappa shape index (κ2) is 4.97. The Balaban J connectivity index is 1.94. The van der Waals surface area contributed by atoms with Crippen molar-refractivity contribution < 1.29 is 0 Å². The van der Waals surface area contributed by atoms with E-state index < -0.39 is 0 Å². The predicted octanol–water partition coefficient (Wildman–Crippen LogP) is 4.40. The highest BCUT2D eigenvalue weighted by Gasteiger charge is 2.22. The van der Waals surface area contributed by atoms with Crippen LogP contribution < -0.4 is 0 Å². The van der Waals surface area contributed by atoms with Gasteiger partial charge in [-0.25, -0.2) is 0 Å². The molecule has 2 unspecified atom stereocenters. The van der Waals surface area contributed by atoms with E-state index in [0.29, 0.717) is 0 Å². The molecule has 14 heavy (non-hydrogen) atoms. The second-order valence-electron chi connectivity index (χ2n) is 4.11. The molecule has 0 aromatic heterocycles. The van der Waals surface area contributed by atoms with Crippen molar-refractivity contribution in [1.29, 1.82) is 0 Å². The van der Waals surface area contributed by atoms with Crippen LogP contribution in [0.4, 0.5) is 0 Å². The highest BCUT2D eigenvalue weighted by molar-refractivity contribution is 14.1. The molecule has 1 aromatic rings. The van der Waals surface area contributed by atoms with Gasteiger partial charge >= 0.3 is 0 Å². The van der Waals surface area contributed by atoms with Gasteiger partial charge in [-0.2, -0.15) is 0 Å². The van der Waals surface area contributed by atoms with Gasteiger partial charge in [-0.3, -0.25) is 0 Å². The summed E-state index contributed by atoms with van der Waals surface area (Å²) in [7, 11) is 0. The molecule has 1 aliphatic rings. The monoisotopic (exact) mass is 364 g/mol. The molecule has 2 atom stereocenters. The standard InChI is InChI=1S/C12H14BrI/c13-11-4-1-10(8-11)7-9-2-5-12(14)6-3-9/h2-3,5-6,10-11H,1,4,7-8H2. The minimum atomic E-state index is 0.774. The molecule has 1 aliphatic carbocycles. The van der Waals surface area contributed by atoms with Crippen molar-refractivity contribution in [3.05, 3.63) is 33.4 Å². The van der Waals surface area contributed by atoms with E-state index in [9.17, 15) is 0 Å². The lowest BCUT2D eigenvalue weighted by atomic mass is 9.98. The molecule has 0 heterocycles. The molecule has 0 amide bonds. The molecule has 1 saturated carbocycles. The first kappa shape index (κ1) is 10.9. The molecular weight excluding hydrogens is 351 g/mol. The van der Waals surface area contributed by atoms with E-state index in [0.717, 1.165) is 10.7 Å². The largest absolute Gasteiger partial charge is 0.0891 e. The summed E-state index contributed by atoms with van der Waals surface area (Å²) in [5, 5.41) is 0. The number of alkyl halides is 1. The van der Waals surface area contributed by atoms with E-state index in [4.69, 9.17) is 0 Å². The average molecular weight is 365 g/mol. The van der Waals surface area contributed by atoms with Crippen molar-refractivity contribution >= 4 is 38.5 Å². The first-order valence-electron chi connectivity index (χ1n) is 5.12. The third-order valence-electron chi connectivity index (χ3n) is 2.91. The Morgan fingerprint density at radius 1 is 1.21 bits per heavy atom. The topological polar surface area (TPSA) is 0 Å². The summed E-state index contributed by atoms with van der Waals surface area (Å²) in [6.45, 7) is 0. The van der Waals surface area contributed by atoms with Gasteiger partial charge in [0.2, 0.25) is 0 Å². The van der Waals surface area contributed by atoms with Crippen LogP contribution >= 0.6 is 38.5 Å². The van der Waals surface area contributed by atoms with E-state index in [2.05, 4.69) is 62.8 Å². The maximum Gasteiger partial charge on any atom is 0.0148 e. The maximum absolute atomic E-state index is 3.70. The van der Waals surface area contributed by atoms with Gasteiger partial charge < -0.3 is 0 Å². The van der Waals surface area contributed by atoms with E-state index in [-0.39, 0.29) is 0 Å². The Bertz CT molecular complexity index is 294. The number of benzene rings is 1. The highest BCUT2D eigenvalue weighted by Crippen LogP contribution is 2.32. The van der Waals surface area contributed by atoms with Gasteiger partial charge in [0, 0.05) is 8.40 Å². The number of rotatable bonds is 2. The van der Waals surface area contributed by atoms with Crippen LogP contribution in [0.1, 0.15) is 24.8 Å². The number of hydrogen-bond donors (Lipinski definition) is 0. The molecule has 0 radical (unpaired) electrons. The fourth-order valence-electron chi connectivity index (χ4n) is 2.15. The zero-order valence-corrected chi connectivity index (χ0v) is 11.8. The first-order valence-corrected chi connectivity index (χ1v) is 7.12. The quantitative estimate of drug-likeness (QED) is 0.539. The van der Waals surface area contributed by atoms with Crippen LogP contribution in [0.5, 0.6) is 0 Å². The SMILES string of the molecule is BrC1CCC(Cc2ccc(I)cc2)C1. The van der Waals surface area contributed by atoms with Crippen LogP contribution in [0, 0.1) is 9.49 Å². The molecule has 0 spiro atoms. The van der Waals surface area contributed by atoms with Crippen LogP contribution in [-0.2, 0) is 6.42 Å². The molecule has 2 rings (SSSR count). The van der Waals surface area contributed by atoms with Crippen LogP contribution in [-0.4, -0.2) is 4.83 Å². The minimum Gasteiger partial charge on any atom is -0.0891 e. The normalized spacial score (nSPS) is 26.7. The molecule has 76 valence electrons. The third kappa shape index (κ3) is 2.96. The summed E-state index contributed by atoms with van der Waals surface area (Å²) in [5.74, 6) is 0.902. The Morgan fingerprint density at radius 2 is 1.93 bits per heavy atom. The molecule has 0 bridgehead atoms. The summed E-state index contributed by atoms with van der Waals surface area (Å²) in [4.78, 5) is 0.774. The van der Waals surface area contributed by atoms with Crippen LogP contribution in [0.3, 0.4) is 0 Å². The summed E-state index contributed by atoms with van der Waals surface area (Å²) in [6.07, 6.45) is 5.36. The van der Waals surface area contributed by atoms with Gasteiger partial charge in [0.05, 0.1) is 0 Å². The number of hydrogen-bond acceptors (Lipinski definition) is 0. The van der Waals surface area contributed by atoms with Crippen molar-refractivity contribution in [2.75, 3.05) is 0 Å². The fraction of sp³-hybridized carbons (Fsp3) is 0.500. The van der Waals surface area contributed by atoms with E-state index in [1.165, 1.54) is 34.8 Å². The summed E-state index contributed by atoms with van der Waals surface area (Å²) in [5.41, 5.74) is 1.50. The Labute approximate surface area is 108 Å². The van der Waals surface area contributed by atoms with Gasteiger partial charge in [0.25, 0.3) is 0 Å². The van der Waals surface area contributed by atoms with Crippen molar-refractivity contribution in [1.82, 2.24) is 0 Å². The maximum atomic E-state index is 3.70. The van der Waals surface area contributed by atoms with Crippen molar-refractivity contribution in [2.45, 2.75) is 30.5 Å². The zero-order chi connectivity index (χ0) is 9.97. The smallest absolute Gasteiger partial charge is 0.0148 e. The van der Waals surface area contributed by atoms with Crippen molar-refractivity contribution in [3.8, 4) is 0 Å². The molecule has 2 heteroatoms. The molecule has 0 nitrogen and oxygen atoms in total. The molecular formula is C12H14BrI. The summed E-state index contributed by atoms with van der Waals surface area (Å²) < 4.78 is 1.33. The lowest BCUT2D eigenvalue weighted by Crippen LogP contribution is -2.00. The van der Waals surface area contributed by atoms with E-state index in [1.807, 2.05) is 0 Å². The van der Waals surface area contributed by atoms with Crippen LogP contribution in [0.2, 0.25) is 0 Å². The van der Waals surface area contributed by atoms with Crippen molar-refractivity contribution in [3.63, 3.8) is 0 Å². The van der Waals surface area contributed by atoms with Gasteiger partial charge in [0.1, 0.15) is 0 Å². The summed E-state index contributed by atoms with van der Waals surface area (Å²) >= 11 is 6.06. The van der Waals surface area contributed by atoms with Crippen LogP contribution in [0.25, 0.3) is 0 Å². The Kier molecular flexibility index (Phi) is 3.88. The van der Waals surface area contributed by atoms with Gasteiger partial charge in [-0.05, 0) is 71.9 Å². The Hall–Kier alpha value is 0.430. The first-order chi connectivity index (χ1) is 6.74. The third-order valence-corrected chi connectivity index (χ3v) is 4.47. The van der Waals surface area contributed by atoms with Gasteiger partial charge in [-0.15, -0.1) is 0 Å². The average Bonchev–Trinajstić information content (AvgIpc) is 2.56. The second-order valence-corrected chi connectivity index (χ2v) is 6.65. The number of halogens is 2. The van der Waals surface area contributed by atoms with Crippen LogP contribution in [0.15, 0.2) is 24.3 Å².